The molecule has 22 heavy (non-hydrogen) atoms. The van der Waals surface area contributed by atoms with E-state index in [4.69, 9.17) is 0 Å². The summed E-state index contributed by atoms with van der Waals surface area (Å²) in [7, 11) is 1.63. The van der Waals surface area contributed by atoms with Crippen molar-refractivity contribution in [3.63, 3.8) is 0 Å². The van der Waals surface area contributed by atoms with Crippen molar-refractivity contribution >= 4 is 5.91 Å². The molecule has 0 spiro atoms. The van der Waals surface area contributed by atoms with Crippen LogP contribution in [0.15, 0.2) is 60.7 Å². The molecule has 0 saturated carbocycles. The van der Waals surface area contributed by atoms with Crippen LogP contribution in [0.1, 0.15) is 23.1 Å². The first-order valence-corrected chi connectivity index (χ1v) is 7.34. The van der Waals surface area contributed by atoms with E-state index in [1.54, 1.807) is 7.05 Å². The molecule has 1 fully saturated rings. The molecular formula is C18H19NO3. The Balaban J connectivity index is 2.01. The van der Waals surface area contributed by atoms with Gasteiger partial charge in [-0.2, -0.15) is 0 Å². The lowest BCUT2D eigenvalue weighted by Crippen LogP contribution is -2.36. The number of benzene rings is 2. The van der Waals surface area contributed by atoms with Crippen LogP contribution in [0.2, 0.25) is 0 Å². The van der Waals surface area contributed by atoms with Crippen LogP contribution >= 0.6 is 0 Å². The molecule has 1 aliphatic heterocycles. The van der Waals surface area contributed by atoms with Crippen molar-refractivity contribution in [3.05, 3.63) is 71.8 Å². The Hall–Kier alpha value is -2.17. The molecule has 1 amide bonds. The van der Waals surface area contributed by atoms with Crippen molar-refractivity contribution in [1.82, 2.24) is 4.90 Å². The van der Waals surface area contributed by atoms with E-state index in [0.717, 1.165) is 11.1 Å². The van der Waals surface area contributed by atoms with Gasteiger partial charge in [0.15, 0.2) is 0 Å². The van der Waals surface area contributed by atoms with E-state index in [9.17, 15) is 15.0 Å². The van der Waals surface area contributed by atoms with Crippen molar-refractivity contribution in [1.29, 1.82) is 0 Å². The maximum absolute atomic E-state index is 12.2. The molecule has 2 aromatic carbocycles. The van der Waals surface area contributed by atoms with Crippen molar-refractivity contribution in [3.8, 4) is 0 Å². The SMILES string of the molecule is CN1C(=O)[C@@H](O)[C@@H](c2ccccc2)[C@H]1[C@H](O)c1ccccc1. The topological polar surface area (TPSA) is 60.8 Å². The van der Waals surface area contributed by atoms with Gasteiger partial charge in [-0.05, 0) is 11.1 Å². The van der Waals surface area contributed by atoms with Gasteiger partial charge in [-0.25, -0.2) is 0 Å². The minimum Gasteiger partial charge on any atom is -0.386 e. The summed E-state index contributed by atoms with van der Waals surface area (Å²) in [4.78, 5) is 13.7. The molecule has 1 heterocycles. The summed E-state index contributed by atoms with van der Waals surface area (Å²) in [5.74, 6) is -0.803. The van der Waals surface area contributed by atoms with Crippen LogP contribution in [-0.4, -0.2) is 40.2 Å². The van der Waals surface area contributed by atoms with E-state index in [1.807, 2.05) is 60.7 Å². The third-order valence-corrected chi connectivity index (χ3v) is 4.41. The number of aliphatic hydroxyl groups excluding tert-OH is 2. The first kappa shape index (κ1) is 14.8. The molecule has 0 unspecified atom stereocenters. The van der Waals surface area contributed by atoms with E-state index >= 15 is 0 Å². The third kappa shape index (κ3) is 2.40. The molecule has 4 heteroatoms. The largest absolute Gasteiger partial charge is 0.386 e. The van der Waals surface area contributed by atoms with E-state index in [-0.39, 0.29) is 5.91 Å². The number of hydrogen-bond acceptors (Lipinski definition) is 3. The lowest BCUT2D eigenvalue weighted by Gasteiger charge is -2.30. The van der Waals surface area contributed by atoms with Gasteiger partial charge in [-0.15, -0.1) is 0 Å². The summed E-state index contributed by atoms with van der Waals surface area (Å²) >= 11 is 0. The van der Waals surface area contributed by atoms with Crippen LogP contribution in [-0.2, 0) is 4.79 Å². The Bertz CT molecular complexity index is 644. The summed E-state index contributed by atoms with van der Waals surface area (Å²) in [6.45, 7) is 0. The maximum atomic E-state index is 12.2. The number of rotatable bonds is 3. The van der Waals surface area contributed by atoms with Crippen molar-refractivity contribution in [2.45, 2.75) is 24.2 Å². The molecule has 0 radical (unpaired) electrons. The minimum absolute atomic E-state index is 0.353. The van der Waals surface area contributed by atoms with Gasteiger partial charge in [0.2, 0.25) is 0 Å². The zero-order valence-electron chi connectivity index (χ0n) is 12.3. The molecule has 0 bridgehead atoms. The van der Waals surface area contributed by atoms with Crippen LogP contribution in [0.3, 0.4) is 0 Å². The molecular weight excluding hydrogens is 278 g/mol. The average Bonchev–Trinajstić information content (AvgIpc) is 2.80. The molecule has 1 saturated heterocycles. The second kappa shape index (κ2) is 5.91. The summed E-state index contributed by atoms with van der Waals surface area (Å²) in [5, 5.41) is 21.1. The number of likely N-dealkylation sites (tertiary alicyclic amines) is 1. The molecule has 4 atom stereocenters. The molecule has 4 nitrogen and oxygen atoms in total. The first-order valence-electron chi connectivity index (χ1n) is 7.34. The quantitative estimate of drug-likeness (QED) is 0.906. The lowest BCUT2D eigenvalue weighted by atomic mass is 9.85. The van der Waals surface area contributed by atoms with E-state index in [2.05, 4.69) is 0 Å². The summed E-state index contributed by atoms with van der Waals surface area (Å²) < 4.78 is 0. The number of amides is 1. The molecule has 2 aromatic rings. The molecule has 3 rings (SSSR count). The van der Waals surface area contributed by atoms with Gasteiger partial charge in [0.1, 0.15) is 12.2 Å². The van der Waals surface area contributed by atoms with Crippen LogP contribution in [0.25, 0.3) is 0 Å². The summed E-state index contributed by atoms with van der Waals surface area (Å²) in [6.07, 6.45) is -1.98. The standard InChI is InChI=1S/C18H19NO3/c1-19-15(16(20)13-10-6-3-7-11-13)14(17(21)18(19)22)12-8-4-2-5-9-12/h2-11,14-17,20-21H,1H3/t14-,15-,16+,17-/m0/s1. The highest BCUT2D eigenvalue weighted by molar-refractivity contribution is 5.85. The normalized spacial score (nSPS) is 26.2. The van der Waals surface area contributed by atoms with Crippen LogP contribution in [0.5, 0.6) is 0 Å². The van der Waals surface area contributed by atoms with Gasteiger partial charge in [-0.1, -0.05) is 60.7 Å². The first-order chi connectivity index (χ1) is 10.6. The number of carbonyl (C=O) groups excluding carboxylic acids is 1. The van der Waals surface area contributed by atoms with E-state index < -0.39 is 24.2 Å². The smallest absolute Gasteiger partial charge is 0.252 e. The number of carbonyl (C=O) groups is 1. The van der Waals surface area contributed by atoms with Gasteiger partial charge in [-0.3, -0.25) is 4.79 Å². The monoisotopic (exact) mass is 297 g/mol. The molecule has 2 N–H and O–H groups in total. The predicted molar refractivity (Wildman–Crippen MR) is 83.1 cm³/mol. The fourth-order valence-corrected chi connectivity index (χ4v) is 3.25. The molecule has 1 aliphatic rings. The number of aliphatic hydroxyl groups is 2. The highest BCUT2D eigenvalue weighted by Gasteiger charge is 2.49. The third-order valence-electron chi connectivity index (χ3n) is 4.41. The number of likely N-dealkylation sites (N-methyl/N-ethyl adjacent to an activating group) is 1. The zero-order valence-corrected chi connectivity index (χ0v) is 12.3. The van der Waals surface area contributed by atoms with Crippen LogP contribution in [0, 0.1) is 0 Å². The van der Waals surface area contributed by atoms with Crippen molar-refractivity contribution < 1.29 is 15.0 Å². The van der Waals surface area contributed by atoms with Gasteiger partial charge in [0.25, 0.3) is 5.91 Å². The molecule has 0 aromatic heterocycles. The number of hydrogen-bond donors (Lipinski definition) is 2. The van der Waals surface area contributed by atoms with E-state index in [0.29, 0.717) is 0 Å². The second-order valence-electron chi connectivity index (χ2n) is 5.68. The fourth-order valence-electron chi connectivity index (χ4n) is 3.25. The van der Waals surface area contributed by atoms with Crippen LogP contribution in [0.4, 0.5) is 0 Å². The molecule has 114 valence electrons. The Morgan fingerprint density at radius 1 is 1.00 bits per heavy atom. The minimum atomic E-state index is -1.13. The summed E-state index contributed by atoms with van der Waals surface area (Å²) in [6, 6.07) is 18.1. The van der Waals surface area contributed by atoms with Gasteiger partial charge >= 0.3 is 0 Å². The number of nitrogens with zero attached hydrogens (tertiary/aromatic N) is 1. The second-order valence-corrected chi connectivity index (χ2v) is 5.68. The van der Waals surface area contributed by atoms with Gasteiger partial charge in [0, 0.05) is 13.0 Å². The van der Waals surface area contributed by atoms with Crippen LogP contribution < -0.4 is 0 Å². The molecule has 0 aliphatic carbocycles. The maximum Gasteiger partial charge on any atom is 0.252 e. The highest BCUT2D eigenvalue weighted by Crippen LogP contribution is 2.40. The fraction of sp³-hybridized carbons (Fsp3) is 0.278. The van der Waals surface area contributed by atoms with Crippen molar-refractivity contribution in [2.24, 2.45) is 0 Å². The Labute approximate surface area is 129 Å². The van der Waals surface area contributed by atoms with Crippen molar-refractivity contribution in [2.75, 3.05) is 7.05 Å². The van der Waals surface area contributed by atoms with Gasteiger partial charge in [0.05, 0.1) is 6.04 Å². The Morgan fingerprint density at radius 2 is 1.55 bits per heavy atom. The summed E-state index contributed by atoms with van der Waals surface area (Å²) in [5.41, 5.74) is 1.59. The van der Waals surface area contributed by atoms with Gasteiger partial charge < -0.3 is 15.1 Å². The average molecular weight is 297 g/mol. The highest BCUT2D eigenvalue weighted by atomic mass is 16.3. The Kier molecular flexibility index (Phi) is 3.96. The van der Waals surface area contributed by atoms with E-state index in [1.165, 1.54) is 4.90 Å². The Morgan fingerprint density at radius 3 is 2.14 bits per heavy atom. The predicted octanol–water partition coefficient (Wildman–Crippen LogP) is 1.71. The zero-order chi connectivity index (χ0) is 15.7. The lowest BCUT2D eigenvalue weighted by molar-refractivity contribution is -0.135.